The minimum absolute atomic E-state index is 0.195. The first kappa shape index (κ1) is 10.5. The summed E-state index contributed by atoms with van der Waals surface area (Å²) in [5.74, 6) is -0.269. The molecule has 14 heavy (non-hydrogen) atoms. The predicted octanol–water partition coefficient (Wildman–Crippen LogP) is 1.97. The molecule has 4 heteroatoms. The van der Waals surface area contributed by atoms with Crippen LogP contribution in [-0.2, 0) is 4.74 Å². The predicted molar refractivity (Wildman–Crippen MR) is 49.4 cm³/mol. The summed E-state index contributed by atoms with van der Waals surface area (Å²) in [6.07, 6.45) is 1.25. The van der Waals surface area contributed by atoms with Gasteiger partial charge in [-0.05, 0) is 20.8 Å². The topological polar surface area (TPSA) is 56.5 Å². The fourth-order valence-electron chi connectivity index (χ4n) is 1.25. The maximum absolute atomic E-state index is 11.3. The Kier molecular flexibility index (Phi) is 3.06. The third-order valence-electron chi connectivity index (χ3n) is 1.82. The molecule has 1 heterocycles. The highest BCUT2D eigenvalue weighted by atomic mass is 16.5. The zero-order valence-electron chi connectivity index (χ0n) is 8.42. The number of Topliss-reactive ketones (excluding diaryl/α,β-unsaturated/α-hetero) is 1. The Balaban J connectivity index is 3.09. The van der Waals surface area contributed by atoms with Crippen molar-refractivity contribution in [2.24, 2.45) is 0 Å². The summed E-state index contributed by atoms with van der Waals surface area (Å²) >= 11 is 0. The number of esters is 1. The third kappa shape index (κ3) is 1.84. The molecule has 1 aromatic rings. The van der Waals surface area contributed by atoms with Crippen molar-refractivity contribution in [3.8, 4) is 0 Å². The van der Waals surface area contributed by atoms with E-state index in [9.17, 15) is 9.59 Å². The molecule has 0 spiro atoms. The minimum Gasteiger partial charge on any atom is -0.468 e. The van der Waals surface area contributed by atoms with Gasteiger partial charge >= 0.3 is 5.97 Å². The second kappa shape index (κ2) is 4.09. The van der Waals surface area contributed by atoms with Crippen molar-refractivity contribution in [2.75, 3.05) is 6.61 Å². The molecular formula is C10H12O4. The van der Waals surface area contributed by atoms with E-state index in [1.54, 1.807) is 13.8 Å². The Labute approximate surface area is 81.9 Å². The maximum atomic E-state index is 11.3. The van der Waals surface area contributed by atoms with Crippen molar-refractivity contribution in [3.63, 3.8) is 0 Å². The molecule has 76 valence electrons. The lowest BCUT2D eigenvalue weighted by Gasteiger charge is -2.00. The number of carbonyl (C=O) groups is 2. The molecule has 0 radical (unpaired) electrons. The first-order valence-electron chi connectivity index (χ1n) is 4.34. The van der Waals surface area contributed by atoms with E-state index in [4.69, 9.17) is 9.15 Å². The molecule has 0 aliphatic rings. The highest BCUT2D eigenvalue weighted by molar-refractivity contribution is 6.05. The van der Waals surface area contributed by atoms with Crippen LogP contribution in [-0.4, -0.2) is 18.4 Å². The van der Waals surface area contributed by atoms with Crippen molar-refractivity contribution in [2.45, 2.75) is 20.8 Å². The first-order valence-corrected chi connectivity index (χ1v) is 4.34. The molecule has 4 nitrogen and oxygen atoms in total. The molecule has 0 atom stereocenters. The van der Waals surface area contributed by atoms with Crippen molar-refractivity contribution < 1.29 is 18.7 Å². The Morgan fingerprint density at radius 3 is 2.64 bits per heavy atom. The average Bonchev–Trinajstić information content (AvgIpc) is 2.47. The molecule has 0 amide bonds. The molecule has 0 fully saturated rings. The SMILES string of the molecule is CCOC(=O)c1coc(C)c1C(C)=O. The van der Waals surface area contributed by atoms with Crippen molar-refractivity contribution >= 4 is 11.8 Å². The van der Waals surface area contributed by atoms with Gasteiger partial charge in [-0.2, -0.15) is 0 Å². The molecule has 0 saturated heterocycles. The van der Waals surface area contributed by atoms with Crippen LogP contribution >= 0.6 is 0 Å². The maximum Gasteiger partial charge on any atom is 0.342 e. The van der Waals surface area contributed by atoms with E-state index < -0.39 is 5.97 Å². The number of hydrogen-bond acceptors (Lipinski definition) is 4. The van der Waals surface area contributed by atoms with Crippen LogP contribution in [0.2, 0.25) is 0 Å². The zero-order chi connectivity index (χ0) is 10.7. The highest BCUT2D eigenvalue weighted by Crippen LogP contribution is 2.18. The van der Waals surface area contributed by atoms with Crippen LogP contribution in [0.5, 0.6) is 0 Å². The second-order valence-corrected chi connectivity index (χ2v) is 2.86. The molecule has 0 aliphatic heterocycles. The van der Waals surface area contributed by atoms with E-state index in [0.29, 0.717) is 11.3 Å². The van der Waals surface area contributed by atoms with E-state index in [-0.39, 0.29) is 18.0 Å². The van der Waals surface area contributed by atoms with Gasteiger partial charge in [0.25, 0.3) is 0 Å². The van der Waals surface area contributed by atoms with Crippen LogP contribution < -0.4 is 0 Å². The van der Waals surface area contributed by atoms with Gasteiger partial charge in [-0.15, -0.1) is 0 Å². The second-order valence-electron chi connectivity index (χ2n) is 2.86. The first-order chi connectivity index (χ1) is 6.57. The van der Waals surface area contributed by atoms with Gasteiger partial charge in [-0.25, -0.2) is 4.79 Å². The molecule has 0 saturated carbocycles. The van der Waals surface area contributed by atoms with Crippen LogP contribution in [0.15, 0.2) is 10.7 Å². The van der Waals surface area contributed by atoms with Gasteiger partial charge in [0.1, 0.15) is 17.6 Å². The van der Waals surface area contributed by atoms with Gasteiger partial charge in [0, 0.05) is 0 Å². The molecule has 0 N–H and O–H groups in total. The van der Waals surface area contributed by atoms with Crippen LogP contribution in [0.25, 0.3) is 0 Å². The monoisotopic (exact) mass is 196 g/mol. The Bertz CT molecular complexity index is 362. The van der Waals surface area contributed by atoms with E-state index in [1.807, 2.05) is 0 Å². The number of furan rings is 1. The molecule has 0 aliphatic carbocycles. The summed E-state index contributed by atoms with van der Waals surface area (Å²) in [5.41, 5.74) is 0.514. The average molecular weight is 196 g/mol. The number of carbonyl (C=O) groups excluding carboxylic acids is 2. The Morgan fingerprint density at radius 1 is 1.50 bits per heavy atom. The highest BCUT2D eigenvalue weighted by Gasteiger charge is 2.21. The van der Waals surface area contributed by atoms with Gasteiger partial charge in [0.05, 0.1) is 12.2 Å². The lowest BCUT2D eigenvalue weighted by atomic mass is 10.1. The van der Waals surface area contributed by atoms with Gasteiger partial charge in [0.2, 0.25) is 0 Å². The van der Waals surface area contributed by atoms with Gasteiger partial charge in [-0.1, -0.05) is 0 Å². The van der Waals surface area contributed by atoms with Crippen molar-refractivity contribution in [3.05, 3.63) is 23.2 Å². The minimum atomic E-state index is -0.519. The lowest BCUT2D eigenvalue weighted by molar-refractivity contribution is 0.0522. The van der Waals surface area contributed by atoms with Crippen molar-refractivity contribution in [1.82, 2.24) is 0 Å². The fourth-order valence-corrected chi connectivity index (χ4v) is 1.25. The quantitative estimate of drug-likeness (QED) is 0.547. The zero-order valence-corrected chi connectivity index (χ0v) is 8.42. The largest absolute Gasteiger partial charge is 0.468 e. The van der Waals surface area contributed by atoms with Crippen molar-refractivity contribution in [1.29, 1.82) is 0 Å². The number of hydrogen-bond donors (Lipinski definition) is 0. The number of ether oxygens (including phenoxy) is 1. The number of rotatable bonds is 3. The summed E-state index contributed by atoms with van der Waals surface area (Å²) < 4.78 is 9.78. The summed E-state index contributed by atoms with van der Waals surface area (Å²) in [4.78, 5) is 22.5. The van der Waals surface area contributed by atoms with E-state index in [1.165, 1.54) is 13.2 Å². The smallest absolute Gasteiger partial charge is 0.342 e. The number of aryl methyl sites for hydroxylation is 1. The number of ketones is 1. The fraction of sp³-hybridized carbons (Fsp3) is 0.400. The molecule has 0 bridgehead atoms. The van der Waals surface area contributed by atoms with Gasteiger partial charge in [-0.3, -0.25) is 4.79 Å². The van der Waals surface area contributed by atoms with Crippen LogP contribution in [0.1, 0.15) is 40.3 Å². The van der Waals surface area contributed by atoms with E-state index in [0.717, 1.165) is 0 Å². The summed E-state index contributed by atoms with van der Waals surface area (Å²) in [6, 6.07) is 0. The molecule has 1 aromatic heterocycles. The Hall–Kier alpha value is -1.58. The standard InChI is InChI=1S/C10H12O4/c1-4-13-10(12)8-5-14-7(3)9(8)6(2)11/h5H,4H2,1-3H3. The van der Waals surface area contributed by atoms with Gasteiger partial charge < -0.3 is 9.15 Å². The van der Waals surface area contributed by atoms with E-state index in [2.05, 4.69) is 0 Å². The molecular weight excluding hydrogens is 184 g/mol. The van der Waals surface area contributed by atoms with Crippen LogP contribution in [0.4, 0.5) is 0 Å². The van der Waals surface area contributed by atoms with E-state index >= 15 is 0 Å². The molecule has 0 aromatic carbocycles. The van der Waals surface area contributed by atoms with Gasteiger partial charge in [0.15, 0.2) is 5.78 Å². The third-order valence-corrected chi connectivity index (χ3v) is 1.82. The summed E-state index contributed by atoms with van der Waals surface area (Å²) in [6.45, 7) is 5.01. The normalized spacial score (nSPS) is 9.93. The lowest BCUT2D eigenvalue weighted by Crippen LogP contribution is -2.08. The summed E-state index contributed by atoms with van der Waals surface area (Å²) in [7, 11) is 0. The van der Waals surface area contributed by atoms with Crippen LogP contribution in [0.3, 0.4) is 0 Å². The summed E-state index contributed by atoms with van der Waals surface area (Å²) in [5, 5.41) is 0. The Morgan fingerprint density at radius 2 is 2.14 bits per heavy atom. The van der Waals surface area contributed by atoms with Crippen LogP contribution in [0, 0.1) is 6.92 Å². The molecule has 1 rings (SSSR count). The molecule has 0 unspecified atom stereocenters.